The van der Waals surface area contributed by atoms with Gasteiger partial charge in [-0.25, -0.2) is 4.98 Å². The summed E-state index contributed by atoms with van der Waals surface area (Å²) in [5.41, 5.74) is 4.16. The molecule has 0 saturated heterocycles. The van der Waals surface area contributed by atoms with Gasteiger partial charge >= 0.3 is 0 Å². The number of aromatic nitrogens is 3. The van der Waals surface area contributed by atoms with Crippen LogP contribution in [0.3, 0.4) is 0 Å². The summed E-state index contributed by atoms with van der Waals surface area (Å²) in [4.78, 5) is 20.4. The van der Waals surface area contributed by atoms with E-state index < -0.39 is 0 Å². The molecular formula is C22H26N4O. The first kappa shape index (κ1) is 17.7. The van der Waals surface area contributed by atoms with E-state index >= 15 is 0 Å². The number of fused-ring (bicyclic) bond motifs is 1. The van der Waals surface area contributed by atoms with Gasteiger partial charge in [0.2, 0.25) is 0 Å². The number of carbonyl (C=O) groups is 1. The van der Waals surface area contributed by atoms with Crippen LogP contribution < -0.4 is 0 Å². The van der Waals surface area contributed by atoms with Crippen LogP contribution in [0.2, 0.25) is 0 Å². The maximum atomic E-state index is 13.6. The molecule has 5 heteroatoms. The fraction of sp³-hybridized carbons (Fsp3) is 0.409. The van der Waals surface area contributed by atoms with Crippen molar-refractivity contribution >= 4 is 16.9 Å². The highest BCUT2D eigenvalue weighted by Crippen LogP contribution is 2.30. The average molecular weight is 362 g/mol. The van der Waals surface area contributed by atoms with Gasteiger partial charge in [-0.1, -0.05) is 43.2 Å². The second-order valence-electron chi connectivity index (χ2n) is 7.36. The van der Waals surface area contributed by atoms with Gasteiger partial charge in [0, 0.05) is 25.2 Å². The van der Waals surface area contributed by atoms with Crippen LogP contribution in [0.5, 0.6) is 0 Å². The Bertz CT molecular complexity index is 971. The van der Waals surface area contributed by atoms with Gasteiger partial charge in [0.1, 0.15) is 0 Å². The topological polar surface area (TPSA) is 51.0 Å². The maximum absolute atomic E-state index is 13.6. The van der Waals surface area contributed by atoms with Crippen molar-refractivity contribution in [3.63, 3.8) is 0 Å². The molecule has 1 amide bonds. The molecule has 1 aliphatic rings. The third-order valence-corrected chi connectivity index (χ3v) is 5.64. The van der Waals surface area contributed by atoms with E-state index in [9.17, 15) is 4.79 Å². The number of hydrogen-bond donors (Lipinski definition) is 0. The van der Waals surface area contributed by atoms with Crippen LogP contribution in [0.4, 0.5) is 0 Å². The van der Waals surface area contributed by atoms with E-state index in [2.05, 4.69) is 12.0 Å². The number of benzene rings is 1. The van der Waals surface area contributed by atoms with E-state index in [1.54, 1.807) is 4.68 Å². The van der Waals surface area contributed by atoms with Gasteiger partial charge in [-0.15, -0.1) is 0 Å². The van der Waals surface area contributed by atoms with Crippen LogP contribution in [-0.4, -0.2) is 38.2 Å². The SMILES string of the molecule is CCN(C(=O)c1cc(-c2ccccc2)nc2c1c(C)nn2C)C1CCCC1. The molecule has 2 aromatic heterocycles. The highest BCUT2D eigenvalue weighted by molar-refractivity contribution is 6.07. The molecule has 0 unspecified atom stereocenters. The minimum Gasteiger partial charge on any atom is -0.336 e. The van der Waals surface area contributed by atoms with Gasteiger partial charge in [0.05, 0.1) is 22.3 Å². The summed E-state index contributed by atoms with van der Waals surface area (Å²) < 4.78 is 1.78. The Morgan fingerprint density at radius 3 is 2.59 bits per heavy atom. The summed E-state index contributed by atoms with van der Waals surface area (Å²) in [5.74, 6) is 0.102. The molecule has 2 heterocycles. The summed E-state index contributed by atoms with van der Waals surface area (Å²) in [7, 11) is 1.89. The quantitative estimate of drug-likeness (QED) is 0.693. The molecule has 1 aromatic carbocycles. The number of rotatable bonds is 4. The second-order valence-corrected chi connectivity index (χ2v) is 7.36. The second kappa shape index (κ2) is 7.14. The lowest BCUT2D eigenvalue weighted by Crippen LogP contribution is -2.38. The highest BCUT2D eigenvalue weighted by Gasteiger charge is 2.29. The predicted molar refractivity (Wildman–Crippen MR) is 108 cm³/mol. The molecule has 0 aliphatic heterocycles. The summed E-state index contributed by atoms with van der Waals surface area (Å²) in [5, 5.41) is 5.41. The molecule has 1 saturated carbocycles. The van der Waals surface area contributed by atoms with Gasteiger partial charge in [0.15, 0.2) is 5.65 Å². The maximum Gasteiger partial charge on any atom is 0.254 e. The number of amides is 1. The lowest BCUT2D eigenvalue weighted by atomic mass is 10.0. The van der Waals surface area contributed by atoms with Gasteiger partial charge < -0.3 is 4.90 Å². The number of hydrogen-bond acceptors (Lipinski definition) is 3. The van der Waals surface area contributed by atoms with Crippen molar-refractivity contribution in [3.05, 3.63) is 47.7 Å². The van der Waals surface area contributed by atoms with E-state index in [1.807, 2.05) is 55.3 Å². The Balaban J connectivity index is 1.88. The molecule has 27 heavy (non-hydrogen) atoms. The fourth-order valence-corrected chi connectivity index (χ4v) is 4.31. The number of carbonyl (C=O) groups excluding carboxylic acids is 1. The molecule has 0 spiro atoms. The third-order valence-electron chi connectivity index (χ3n) is 5.64. The number of nitrogens with zero attached hydrogens (tertiary/aromatic N) is 4. The summed E-state index contributed by atoms with van der Waals surface area (Å²) in [6.45, 7) is 4.75. The smallest absolute Gasteiger partial charge is 0.254 e. The molecule has 0 bridgehead atoms. The zero-order valence-electron chi connectivity index (χ0n) is 16.3. The lowest BCUT2D eigenvalue weighted by Gasteiger charge is -2.28. The Morgan fingerprint density at radius 2 is 1.93 bits per heavy atom. The van der Waals surface area contributed by atoms with Crippen LogP contribution in [-0.2, 0) is 7.05 Å². The Morgan fingerprint density at radius 1 is 1.22 bits per heavy atom. The fourth-order valence-electron chi connectivity index (χ4n) is 4.31. The van der Waals surface area contributed by atoms with Crippen molar-refractivity contribution in [2.45, 2.75) is 45.6 Å². The van der Waals surface area contributed by atoms with E-state index in [0.29, 0.717) is 6.04 Å². The molecule has 5 nitrogen and oxygen atoms in total. The molecule has 4 rings (SSSR count). The van der Waals surface area contributed by atoms with Gasteiger partial charge in [-0.05, 0) is 32.8 Å². The largest absolute Gasteiger partial charge is 0.336 e. The number of aryl methyl sites for hydroxylation is 2. The van der Waals surface area contributed by atoms with Gasteiger partial charge in [-0.2, -0.15) is 5.10 Å². The monoisotopic (exact) mass is 362 g/mol. The summed E-state index contributed by atoms with van der Waals surface area (Å²) in [6.07, 6.45) is 4.62. The lowest BCUT2D eigenvalue weighted by molar-refractivity contribution is 0.0695. The van der Waals surface area contributed by atoms with Crippen molar-refractivity contribution in [1.29, 1.82) is 0 Å². The Kier molecular flexibility index (Phi) is 4.68. The number of pyridine rings is 1. The molecule has 0 N–H and O–H groups in total. The average Bonchev–Trinajstić information content (AvgIpc) is 3.31. The molecule has 1 aliphatic carbocycles. The minimum absolute atomic E-state index is 0.102. The summed E-state index contributed by atoms with van der Waals surface area (Å²) in [6, 6.07) is 12.3. The molecular weight excluding hydrogens is 336 g/mol. The minimum atomic E-state index is 0.102. The molecule has 3 aromatic rings. The van der Waals surface area contributed by atoms with Crippen molar-refractivity contribution in [2.75, 3.05) is 6.54 Å². The van der Waals surface area contributed by atoms with Crippen LogP contribution >= 0.6 is 0 Å². The van der Waals surface area contributed by atoms with Crippen LogP contribution in [0.1, 0.15) is 48.7 Å². The zero-order chi connectivity index (χ0) is 19.0. The predicted octanol–water partition coefficient (Wildman–Crippen LogP) is 4.35. The van der Waals surface area contributed by atoms with Gasteiger partial charge in [-0.3, -0.25) is 9.48 Å². The van der Waals surface area contributed by atoms with Gasteiger partial charge in [0.25, 0.3) is 5.91 Å². The van der Waals surface area contributed by atoms with Crippen LogP contribution in [0.15, 0.2) is 36.4 Å². The van der Waals surface area contributed by atoms with E-state index in [-0.39, 0.29) is 5.91 Å². The van der Waals surface area contributed by atoms with Crippen LogP contribution in [0.25, 0.3) is 22.3 Å². The zero-order valence-corrected chi connectivity index (χ0v) is 16.3. The van der Waals surface area contributed by atoms with Crippen molar-refractivity contribution in [1.82, 2.24) is 19.7 Å². The first-order valence-electron chi connectivity index (χ1n) is 9.81. The van der Waals surface area contributed by atoms with Crippen molar-refractivity contribution < 1.29 is 4.79 Å². The molecule has 0 radical (unpaired) electrons. The Hall–Kier alpha value is -2.69. The van der Waals surface area contributed by atoms with E-state index in [0.717, 1.165) is 52.9 Å². The first-order chi connectivity index (χ1) is 13.1. The van der Waals surface area contributed by atoms with E-state index in [1.165, 1.54) is 12.8 Å². The molecule has 1 fully saturated rings. The molecule has 140 valence electrons. The normalized spacial score (nSPS) is 14.8. The molecule has 0 atom stereocenters. The summed E-state index contributed by atoms with van der Waals surface area (Å²) >= 11 is 0. The first-order valence-corrected chi connectivity index (χ1v) is 9.81. The highest BCUT2D eigenvalue weighted by atomic mass is 16.2. The third kappa shape index (κ3) is 3.11. The van der Waals surface area contributed by atoms with Crippen molar-refractivity contribution in [2.24, 2.45) is 7.05 Å². The van der Waals surface area contributed by atoms with Crippen molar-refractivity contribution in [3.8, 4) is 11.3 Å². The van der Waals surface area contributed by atoms with E-state index in [4.69, 9.17) is 4.98 Å². The Labute approximate surface area is 160 Å². The standard InChI is InChI=1S/C22H26N4O/c1-4-26(17-12-8-9-13-17)22(27)18-14-19(16-10-6-5-7-11-16)23-21-20(18)15(2)24-25(21)3/h5-7,10-11,14,17H,4,8-9,12-13H2,1-3H3. The van der Waals surface area contributed by atoms with Crippen LogP contribution in [0, 0.1) is 6.92 Å².